The first kappa shape index (κ1) is 37.5. The van der Waals surface area contributed by atoms with Crippen LogP contribution >= 0.6 is 11.6 Å². The number of nitrogens with zero attached hydrogens (tertiary/aromatic N) is 12. The SMILES string of the molecule is CN1c2nc(Cl)ncc2OCC12CC2.COc1cc(N)cnc1-n1cnc(C)c1.COc1cc(Nc2ncc3c(n2)N(C)C2(CC2)CO3)cnc1-n1cnc(C)c1. The van der Waals surface area contributed by atoms with Gasteiger partial charge >= 0.3 is 0 Å². The number of aromatic nitrogens is 10. The zero-order valence-corrected chi connectivity index (χ0v) is 33.2. The third-order valence-corrected chi connectivity index (χ3v) is 10.6. The van der Waals surface area contributed by atoms with Gasteiger partial charge in [0.15, 0.2) is 46.3 Å². The summed E-state index contributed by atoms with van der Waals surface area (Å²) >= 11 is 5.75. The van der Waals surface area contributed by atoms with E-state index in [-0.39, 0.29) is 16.4 Å². The summed E-state index contributed by atoms with van der Waals surface area (Å²) in [4.78, 5) is 38.6. The van der Waals surface area contributed by atoms with Gasteiger partial charge in [0.05, 0.1) is 72.8 Å². The maximum atomic E-state index is 5.84. The Labute approximate surface area is 334 Å². The molecule has 6 aromatic heterocycles. The first-order valence-corrected chi connectivity index (χ1v) is 18.6. The van der Waals surface area contributed by atoms with E-state index in [4.69, 9.17) is 36.3 Å². The highest BCUT2D eigenvalue weighted by atomic mass is 35.5. The van der Waals surface area contributed by atoms with Crippen molar-refractivity contribution in [2.45, 2.75) is 50.6 Å². The molecular formula is C38H43ClN14O4. The summed E-state index contributed by atoms with van der Waals surface area (Å²) in [6.07, 6.45) is 18.4. The number of pyridine rings is 2. The molecule has 57 heavy (non-hydrogen) atoms. The average Bonchev–Trinajstić information content (AvgIpc) is 4.09. The van der Waals surface area contributed by atoms with E-state index in [1.54, 1.807) is 62.3 Å². The fourth-order valence-electron chi connectivity index (χ4n) is 6.61. The Kier molecular flexibility index (Phi) is 9.80. The van der Waals surface area contributed by atoms with Crippen molar-refractivity contribution < 1.29 is 18.9 Å². The Morgan fingerprint density at radius 2 is 1.21 bits per heavy atom. The number of imidazole rings is 2. The minimum atomic E-state index is 0.105. The van der Waals surface area contributed by atoms with E-state index in [9.17, 15) is 0 Å². The fraction of sp³-hybridized carbons (Fsp3) is 0.368. The second-order valence-electron chi connectivity index (χ2n) is 14.4. The van der Waals surface area contributed by atoms with Crippen molar-refractivity contribution in [1.82, 2.24) is 49.0 Å². The lowest BCUT2D eigenvalue weighted by Gasteiger charge is -2.35. The molecule has 296 valence electrons. The normalized spacial score (nSPS) is 16.1. The van der Waals surface area contributed by atoms with Crippen molar-refractivity contribution in [3.63, 3.8) is 0 Å². The van der Waals surface area contributed by atoms with Gasteiger partial charge in [-0.15, -0.1) is 0 Å². The second kappa shape index (κ2) is 14.9. The van der Waals surface area contributed by atoms with Crippen LogP contribution in [-0.4, -0.2) is 102 Å². The van der Waals surface area contributed by atoms with E-state index in [2.05, 4.69) is 62.0 Å². The zero-order valence-electron chi connectivity index (χ0n) is 32.5. The van der Waals surface area contributed by atoms with Crippen molar-refractivity contribution in [1.29, 1.82) is 0 Å². The number of nitrogens with one attached hydrogen (secondary N) is 1. The number of halogens is 1. The number of hydrogen-bond acceptors (Lipinski definition) is 16. The molecule has 2 spiro atoms. The van der Waals surface area contributed by atoms with Crippen molar-refractivity contribution in [2.24, 2.45) is 0 Å². The van der Waals surface area contributed by atoms with Gasteiger partial charge in [-0.1, -0.05) is 0 Å². The number of methoxy groups -OCH3 is 2. The Morgan fingerprint density at radius 3 is 1.74 bits per heavy atom. The fourth-order valence-corrected chi connectivity index (χ4v) is 6.74. The minimum Gasteiger partial charge on any atom is -0.493 e. The zero-order chi connectivity index (χ0) is 39.9. The second-order valence-corrected chi connectivity index (χ2v) is 14.7. The van der Waals surface area contributed by atoms with E-state index in [0.717, 1.165) is 53.9 Å². The molecule has 0 amide bonds. The van der Waals surface area contributed by atoms with Gasteiger partial charge in [-0.2, -0.15) is 9.97 Å². The number of likely N-dealkylation sites (N-methyl/N-ethyl adjacent to an activating group) is 2. The van der Waals surface area contributed by atoms with Gasteiger partial charge in [-0.05, 0) is 51.1 Å². The van der Waals surface area contributed by atoms with Crippen molar-refractivity contribution in [3.8, 4) is 34.6 Å². The smallest absolute Gasteiger partial charge is 0.229 e. The molecule has 2 aliphatic heterocycles. The van der Waals surface area contributed by atoms with E-state index >= 15 is 0 Å². The van der Waals surface area contributed by atoms with Gasteiger partial charge in [0.25, 0.3) is 0 Å². The lowest BCUT2D eigenvalue weighted by Crippen LogP contribution is -2.43. The van der Waals surface area contributed by atoms with Gasteiger partial charge in [0, 0.05) is 38.6 Å². The summed E-state index contributed by atoms with van der Waals surface area (Å²) in [6, 6.07) is 3.60. The van der Waals surface area contributed by atoms with E-state index < -0.39 is 0 Å². The highest BCUT2D eigenvalue weighted by molar-refractivity contribution is 6.28. The molecule has 10 rings (SSSR count). The molecule has 0 atom stereocenters. The summed E-state index contributed by atoms with van der Waals surface area (Å²) in [5, 5.41) is 3.48. The maximum absolute atomic E-state index is 5.84. The van der Waals surface area contributed by atoms with Crippen LogP contribution in [0.3, 0.4) is 0 Å². The number of anilines is 5. The van der Waals surface area contributed by atoms with Gasteiger partial charge < -0.3 is 39.8 Å². The molecule has 4 aliphatic rings. The predicted molar refractivity (Wildman–Crippen MR) is 214 cm³/mol. The number of nitrogens with two attached hydrogens (primary N) is 1. The van der Waals surface area contributed by atoms with Crippen LogP contribution in [0.15, 0.2) is 62.0 Å². The number of ether oxygens (including phenoxy) is 4. The lowest BCUT2D eigenvalue weighted by molar-refractivity contribution is 0.252. The first-order chi connectivity index (χ1) is 27.5. The van der Waals surface area contributed by atoms with E-state index in [0.29, 0.717) is 47.1 Å². The van der Waals surface area contributed by atoms with Crippen molar-refractivity contribution >= 4 is 40.6 Å². The summed E-state index contributed by atoms with van der Waals surface area (Å²) in [6.45, 7) is 5.28. The molecule has 8 heterocycles. The van der Waals surface area contributed by atoms with Gasteiger partial charge in [-0.25, -0.2) is 29.9 Å². The van der Waals surface area contributed by atoms with Gasteiger partial charge in [0.1, 0.15) is 25.9 Å². The monoisotopic (exact) mass is 794 g/mol. The van der Waals surface area contributed by atoms with Crippen LogP contribution in [0, 0.1) is 13.8 Å². The van der Waals surface area contributed by atoms with Crippen molar-refractivity contribution in [3.05, 3.63) is 78.6 Å². The molecule has 0 radical (unpaired) electrons. The van der Waals surface area contributed by atoms with E-state index in [1.165, 1.54) is 12.8 Å². The van der Waals surface area contributed by atoms with Crippen LogP contribution in [-0.2, 0) is 0 Å². The highest BCUT2D eigenvalue weighted by Gasteiger charge is 2.52. The van der Waals surface area contributed by atoms with Gasteiger partial charge in [-0.3, -0.25) is 9.13 Å². The molecule has 0 unspecified atom stereocenters. The molecule has 0 saturated heterocycles. The van der Waals surface area contributed by atoms with Crippen molar-refractivity contribution in [2.75, 3.05) is 62.4 Å². The molecule has 3 N–H and O–H groups in total. The minimum absolute atomic E-state index is 0.105. The average molecular weight is 795 g/mol. The van der Waals surface area contributed by atoms with Crippen LogP contribution in [0.2, 0.25) is 5.28 Å². The summed E-state index contributed by atoms with van der Waals surface area (Å²) < 4.78 is 25.8. The molecule has 2 fully saturated rings. The molecule has 2 saturated carbocycles. The molecular weight excluding hydrogens is 752 g/mol. The largest absolute Gasteiger partial charge is 0.493 e. The molecule has 2 aliphatic carbocycles. The molecule has 0 bridgehead atoms. The van der Waals surface area contributed by atoms with E-state index in [1.807, 2.05) is 43.9 Å². The summed E-state index contributed by atoms with van der Waals surface area (Å²) in [7, 11) is 7.31. The standard InChI is InChI=1S/C19H21N7O2.C10H12N4O.C9H10ClN3O/c1-12-9-26(11-22-12)16-14(27-3)6-13(7-20-16)23-18-21-8-15-17(24-18)25(2)19(4-5-19)10-28-15;1-7-5-14(6-13-7)10-9(15-2)3-8(11)4-12-10;1-13-7-6(4-11-8(10)12-7)14-5-9(13)2-3-9/h6-9,11H,4-5,10H2,1-3H3,(H,21,23,24);3-6H,11H2,1-2H3;4H,2-3,5H2,1H3. The Bertz CT molecular complexity index is 2410. The molecule has 18 nitrogen and oxygen atoms in total. The topological polar surface area (TPSA) is 194 Å². The number of hydrogen-bond donors (Lipinski definition) is 2. The number of nitrogen functional groups attached to an aromatic ring is 1. The van der Waals surface area contributed by atoms with Crippen LogP contribution in [0.4, 0.5) is 29.0 Å². The number of rotatable bonds is 6. The maximum Gasteiger partial charge on any atom is 0.229 e. The lowest BCUT2D eigenvalue weighted by atomic mass is 10.2. The van der Waals surface area contributed by atoms with Gasteiger partial charge in [0.2, 0.25) is 11.2 Å². The Hall–Kier alpha value is -6.43. The quantitative estimate of drug-likeness (QED) is 0.210. The third kappa shape index (κ3) is 7.59. The third-order valence-electron chi connectivity index (χ3n) is 10.4. The number of aryl methyl sites for hydroxylation is 2. The van der Waals surface area contributed by atoms with Crippen LogP contribution in [0.1, 0.15) is 37.1 Å². The number of fused-ring (bicyclic) bond motifs is 2. The molecule has 0 aromatic carbocycles. The summed E-state index contributed by atoms with van der Waals surface area (Å²) in [5.41, 5.74) is 9.06. The molecule has 19 heteroatoms. The summed E-state index contributed by atoms with van der Waals surface area (Å²) in [5.74, 6) is 6.17. The first-order valence-electron chi connectivity index (χ1n) is 18.3. The van der Waals surface area contributed by atoms with Crippen LogP contribution < -0.4 is 39.8 Å². The highest BCUT2D eigenvalue weighted by Crippen LogP contribution is 2.49. The Balaban J connectivity index is 0.000000132. The molecule has 6 aromatic rings. The van der Waals surface area contributed by atoms with Crippen LogP contribution in [0.25, 0.3) is 11.6 Å². The predicted octanol–water partition coefficient (Wildman–Crippen LogP) is 5.14. The Morgan fingerprint density at radius 1 is 0.684 bits per heavy atom. The van der Waals surface area contributed by atoms with Crippen LogP contribution in [0.5, 0.6) is 23.0 Å².